The van der Waals surface area contributed by atoms with Gasteiger partial charge in [-0.15, -0.1) is 0 Å². The molecule has 2 aliphatic rings. The fraction of sp³-hybridized carbons (Fsp3) is 0.226. The topological polar surface area (TPSA) is 76.0 Å². The molecule has 4 aromatic rings. The molecule has 1 fully saturated rings. The summed E-state index contributed by atoms with van der Waals surface area (Å²) in [6.07, 6.45) is 3.61. The number of hydrogen-bond donors (Lipinski definition) is 1. The lowest BCUT2D eigenvalue weighted by Gasteiger charge is -2.40. The van der Waals surface area contributed by atoms with Crippen LogP contribution in [0.2, 0.25) is 10.0 Å². The number of urea groups is 1. The molecule has 0 bridgehead atoms. The van der Waals surface area contributed by atoms with E-state index in [0.717, 1.165) is 35.5 Å². The van der Waals surface area contributed by atoms with Crippen molar-refractivity contribution in [1.82, 2.24) is 9.47 Å². The lowest BCUT2D eigenvalue weighted by molar-refractivity contribution is -0.119. The number of hydrogen-bond acceptors (Lipinski definition) is 4. The predicted molar refractivity (Wildman–Crippen MR) is 160 cm³/mol. The van der Waals surface area contributed by atoms with Gasteiger partial charge in [-0.3, -0.25) is 9.69 Å². The van der Waals surface area contributed by atoms with E-state index in [1.54, 1.807) is 42.2 Å². The molecule has 1 aromatic heterocycles. The highest BCUT2D eigenvalue weighted by atomic mass is 35.5. The monoisotopic (exact) mass is 590 g/mol. The molecule has 3 aromatic carbocycles. The highest BCUT2D eigenvalue weighted by Gasteiger charge is 2.41. The zero-order valence-electron chi connectivity index (χ0n) is 22.5. The number of anilines is 2. The first kappa shape index (κ1) is 27.1. The second-order valence-electron chi connectivity index (χ2n) is 9.96. The van der Waals surface area contributed by atoms with E-state index < -0.39 is 12.1 Å². The van der Waals surface area contributed by atoms with Gasteiger partial charge < -0.3 is 24.3 Å². The molecule has 1 N–H and O–H groups in total. The van der Waals surface area contributed by atoms with E-state index in [0.29, 0.717) is 22.2 Å². The minimum atomic E-state index is -0.538. The molecule has 210 valence electrons. The summed E-state index contributed by atoms with van der Waals surface area (Å²) >= 11 is 12.5. The number of halogens is 2. The van der Waals surface area contributed by atoms with Gasteiger partial charge in [0.2, 0.25) is 5.91 Å². The van der Waals surface area contributed by atoms with Crippen molar-refractivity contribution in [2.45, 2.75) is 24.9 Å². The number of carbonyl (C=O) groups is 2. The summed E-state index contributed by atoms with van der Waals surface area (Å²) in [6, 6.07) is 21.3. The molecule has 1 atom stereocenters. The molecule has 1 saturated carbocycles. The second-order valence-corrected chi connectivity index (χ2v) is 10.7. The Hall–Kier alpha value is -4.14. The number of para-hydroxylation sites is 2. The SMILES string of the molecule is COc1ccc(OC)c(C2c3cccn3-c3ccccc3N2C(=O)CN(C(=O)Nc2cccc(Cl)c2Cl)C2CC2)c1. The number of fused-ring (bicyclic) bond motifs is 3. The van der Waals surface area contributed by atoms with Crippen LogP contribution in [0.5, 0.6) is 11.5 Å². The molecule has 0 saturated heterocycles. The lowest BCUT2D eigenvalue weighted by Crippen LogP contribution is -2.48. The highest BCUT2D eigenvalue weighted by Crippen LogP contribution is 2.46. The maximum absolute atomic E-state index is 14.4. The van der Waals surface area contributed by atoms with Crippen molar-refractivity contribution in [2.24, 2.45) is 0 Å². The number of methoxy groups -OCH3 is 2. The molecule has 2 heterocycles. The van der Waals surface area contributed by atoms with Gasteiger partial charge in [-0.25, -0.2) is 4.79 Å². The first-order valence-electron chi connectivity index (χ1n) is 13.2. The normalized spacial score (nSPS) is 15.5. The minimum absolute atomic E-state index is 0.0504. The van der Waals surface area contributed by atoms with Crippen molar-refractivity contribution in [3.8, 4) is 17.2 Å². The maximum Gasteiger partial charge on any atom is 0.322 e. The number of nitrogens with zero attached hydrogens (tertiary/aromatic N) is 3. The lowest BCUT2D eigenvalue weighted by atomic mass is 9.96. The molecule has 10 heteroatoms. The van der Waals surface area contributed by atoms with Crippen molar-refractivity contribution in [3.63, 3.8) is 0 Å². The molecule has 1 aliphatic heterocycles. The molecule has 6 rings (SSSR count). The number of ether oxygens (including phenoxy) is 2. The van der Waals surface area contributed by atoms with Crippen LogP contribution in [0.25, 0.3) is 5.69 Å². The summed E-state index contributed by atoms with van der Waals surface area (Å²) in [5.41, 5.74) is 3.64. The number of benzene rings is 3. The summed E-state index contributed by atoms with van der Waals surface area (Å²) in [6.45, 7) is -0.132. The van der Waals surface area contributed by atoms with Gasteiger partial charge in [-0.05, 0) is 67.4 Å². The van der Waals surface area contributed by atoms with Gasteiger partial charge in [0.05, 0.1) is 47.0 Å². The highest BCUT2D eigenvalue weighted by molar-refractivity contribution is 6.44. The Balaban J connectivity index is 1.40. The molecule has 41 heavy (non-hydrogen) atoms. The average Bonchev–Trinajstić information content (AvgIpc) is 3.71. The van der Waals surface area contributed by atoms with Crippen LogP contribution in [0.1, 0.15) is 30.1 Å². The van der Waals surface area contributed by atoms with Gasteiger partial charge in [0, 0.05) is 17.8 Å². The Kier molecular flexibility index (Phi) is 7.28. The minimum Gasteiger partial charge on any atom is -0.497 e. The average molecular weight is 591 g/mol. The van der Waals surface area contributed by atoms with Gasteiger partial charge >= 0.3 is 6.03 Å². The summed E-state index contributed by atoms with van der Waals surface area (Å²) in [5.74, 6) is 1.02. The number of aromatic nitrogens is 1. The Morgan fingerprint density at radius 3 is 2.46 bits per heavy atom. The van der Waals surface area contributed by atoms with E-state index in [4.69, 9.17) is 32.7 Å². The molecule has 1 unspecified atom stereocenters. The summed E-state index contributed by atoms with van der Waals surface area (Å²) in [5, 5.41) is 3.43. The molecular weight excluding hydrogens is 563 g/mol. The molecule has 3 amide bonds. The van der Waals surface area contributed by atoms with Crippen LogP contribution < -0.4 is 19.7 Å². The van der Waals surface area contributed by atoms with Crippen LogP contribution in [0, 0.1) is 0 Å². The van der Waals surface area contributed by atoms with Crippen molar-refractivity contribution in [2.75, 3.05) is 31.0 Å². The molecule has 8 nitrogen and oxygen atoms in total. The van der Waals surface area contributed by atoms with E-state index >= 15 is 0 Å². The zero-order valence-corrected chi connectivity index (χ0v) is 24.0. The van der Waals surface area contributed by atoms with Crippen molar-refractivity contribution in [3.05, 3.63) is 100 Å². The van der Waals surface area contributed by atoms with Gasteiger partial charge in [0.15, 0.2) is 0 Å². The van der Waals surface area contributed by atoms with Gasteiger partial charge in [0.25, 0.3) is 0 Å². The van der Waals surface area contributed by atoms with Crippen LogP contribution in [0.15, 0.2) is 79.0 Å². The van der Waals surface area contributed by atoms with E-state index in [2.05, 4.69) is 9.88 Å². The standard InChI is InChI=1S/C31H28Cl2N4O4/c1-40-20-14-15-27(41-2)21(17-20)30-26-11-6-16-35(26)24-9-3-4-10-25(24)37(30)28(38)18-36(19-12-13-19)31(39)34-23-8-5-7-22(32)29(23)33/h3-11,14-17,19,30H,12-13,18H2,1-2H3,(H,34,39). The van der Waals surface area contributed by atoms with E-state index in [1.165, 1.54) is 0 Å². The quantitative estimate of drug-likeness (QED) is 0.253. The largest absolute Gasteiger partial charge is 0.497 e. The van der Waals surface area contributed by atoms with E-state index in [1.807, 2.05) is 60.8 Å². The third kappa shape index (κ3) is 4.98. The molecular formula is C31H28Cl2N4O4. The molecule has 1 aliphatic carbocycles. The second kappa shape index (κ2) is 11.0. The Morgan fingerprint density at radius 1 is 0.951 bits per heavy atom. The number of carbonyl (C=O) groups excluding carboxylic acids is 2. The summed E-state index contributed by atoms with van der Waals surface area (Å²) in [4.78, 5) is 31.3. The van der Waals surface area contributed by atoms with Crippen LogP contribution in [-0.2, 0) is 4.79 Å². The van der Waals surface area contributed by atoms with Gasteiger partial charge in [0.1, 0.15) is 24.1 Å². The smallest absolute Gasteiger partial charge is 0.322 e. The first-order valence-corrected chi connectivity index (χ1v) is 14.0. The number of nitrogens with one attached hydrogen (secondary N) is 1. The van der Waals surface area contributed by atoms with Gasteiger partial charge in [-0.2, -0.15) is 0 Å². The fourth-order valence-electron chi connectivity index (χ4n) is 5.37. The predicted octanol–water partition coefficient (Wildman–Crippen LogP) is 6.93. The van der Waals surface area contributed by atoms with Crippen LogP contribution in [0.4, 0.5) is 16.2 Å². The van der Waals surface area contributed by atoms with Crippen LogP contribution in [-0.4, -0.2) is 48.2 Å². The Bertz CT molecular complexity index is 1630. The fourth-order valence-corrected chi connectivity index (χ4v) is 5.72. The third-order valence-electron chi connectivity index (χ3n) is 7.47. The van der Waals surface area contributed by atoms with Gasteiger partial charge in [-0.1, -0.05) is 41.4 Å². The van der Waals surface area contributed by atoms with Crippen LogP contribution in [0.3, 0.4) is 0 Å². The van der Waals surface area contributed by atoms with Crippen LogP contribution >= 0.6 is 23.2 Å². The first-order chi connectivity index (χ1) is 19.9. The third-order valence-corrected chi connectivity index (χ3v) is 8.29. The van der Waals surface area contributed by atoms with Crippen molar-refractivity contribution in [1.29, 1.82) is 0 Å². The summed E-state index contributed by atoms with van der Waals surface area (Å²) < 4.78 is 13.4. The molecule has 0 radical (unpaired) electrons. The maximum atomic E-state index is 14.4. The van der Waals surface area contributed by atoms with Crippen molar-refractivity contribution >= 4 is 46.5 Å². The Labute approximate surface area is 248 Å². The molecule has 0 spiro atoms. The zero-order chi connectivity index (χ0) is 28.7. The van der Waals surface area contributed by atoms with E-state index in [9.17, 15) is 9.59 Å². The van der Waals surface area contributed by atoms with E-state index in [-0.39, 0.29) is 23.5 Å². The Morgan fingerprint density at radius 2 is 1.73 bits per heavy atom. The number of amides is 3. The van der Waals surface area contributed by atoms with Crippen molar-refractivity contribution < 1.29 is 19.1 Å². The number of rotatable bonds is 7. The summed E-state index contributed by atoms with van der Waals surface area (Å²) in [7, 11) is 3.21.